The highest BCUT2D eigenvalue weighted by molar-refractivity contribution is 7.14. The van der Waals surface area contributed by atoms with Gasteiger partial charge in [0.05, 0.1) is 6.10 Å². The van der Waals surface area contributed by atoms with Crippen molar-refractivity contribution in [1.82, 2.24) is 4.98 Å². The van der Waals surface area contributed by atoms with E-state index in [9.17, 15) is 0 Å². The summed E-state index contributed by atoms with van der Waals surface area (Å²) in [4.78, 5) is 4.11. The van der Waals surface area contributed by atoms with Crippen molar-refractivity contribution < 1.29 is 4.74 Å². The number of aromatic nitrogens is 1. The monoisotopic (exact) mass is 232 g/mol. The lowest BCUT2D eigenvalue weighted by Gasteiger charge is -2.22. The second-order valence-corrected chi connectivity index (χ2v) is 4.80. The standard InChI is InChI=1S/C9H13ClN2OS/c10-9-12-8(6-14-9)11-5-7-3-1-2-4-13-7/h6-7,11H,1-5H2. The van der Waals surface area contributed by atoms with Gasteiger partial charge in [0, 0.05) is 18.5 Å². The second kappa shape index (κ2) is 4.96. The minimum Gasteiger partial charge on any atom is -0.376 e. The van der Waals surface area contributed by atoms with Gasteiger partial charge in [0.15, 0.2) is 4.47 Å². The van der Waals surface area contributed by atoms with Crippen LogP contribution >= 0.6 is 22.9 Å². The van der Waals surface area contributed by atoms with E-state index in [0.717, 1.165) is 25.4 Å². The van der Waals surface area contributed by atoms with Gasteiger partial charge in [-0.2, -0.15) is 0 Å². The van der Waals surface area contributed by atoms with Crippen LogP contribution in [-0.4, -0.2) is 24.2 Å². The van der Waals surface area contributed by atoms with Gasteiger partial charge in [-0.25, -0.2) is 4.98 Å². The van der Waals surface area contributed by atoms with Gasteiger partial charge in [0.25, 0.3) is 0 Å². The van der Waals surface area contributed by atoms with Crippen molar-refractivity contribution in [2.45, 2.75) is 25.4 Å². The molecule has 1 fully saturated rings. The largest absolute Gasteiger partial charge is 0.376 e. The molecule has 1 aliphatic heterocycles. The van der Waals surface area contributed by atoms with E-state index in [1.54, 1.807) is 0 Å². The molecule has 78 valence electrons. The summed E-state index contributed by atoms with van der Waals surface area (Å²) in [5, 5.41) is 5.15. The molecular weight excluding hydrogens is 220 g/mol. The van der Waals surface area contributed by atoms with E-state index < -0.39 is 0 Å². The molecule has 3 nitrogen and oxygen atoms in total. The lowest BCUT2D eigenvalue weighted by atomic mass is 10.1. The molecule has 0 spiro atoms. The van der Waals surface area contributed by atoms with Crippen molar-refractivity contribution in [3.05, 3.63) is 9.85 Å². The van der Waals surface area contributed by atoms with E-state index in [0.29, 0.717) is 10.6 Å². The van der Waals surface area contributed by atoms with Gasteiger partial charge in [-0.1, -0.05) is 11.6 Å². The Morgan fingerprint density at radius 3 is 3.21 bits per heavy atom. The molecule has 0 radical (unpaired) electrons. The van der Waals surface area contributed by atoms with Crippen LogP contribution in [0, 0.1) is 0 Å². The van der Waals surface area contributed by atoms with Crippen molar-refractivity contribution in [2.24, 2.45) is 0 Å². The lowest BCUT2D eigenvalue weighted by molar-refractivity contribution is 0.0247. The molecule has 1 atom stereocenters. The Bertz CT molecular complexity index is 286. The van der Waals surface area contributed by atoms with Crippen molar-refractivity contribution in [3.8, 4) is 0 Å². The number of anilines is 1. The molecule has 1 unspecified atom stereocenters. The zero-order valence-electron chi connectivity index (χ0n) is 7.83. The topological polar surface area (TPSA) is 34.2 Å². The quantitative estimate of drug-likeness (QED) is 0.870. The van der Waals surface area contributed by atoms with E-state index in [2.05, 4.69) is 10.3 Å². The van der Waals surface area contributed by atoms with Crippen LogP contribution in [0.1, 0.15) is 19.3 Å². The molecule has 0 amide bonds. The van der Waals surface area contributed by atoms with E-state index in [4.69, 9.17) is 16.3 Å². The molecule has 1 N–H and O–H groups in total. The molecule has 5 heteroatoms. The maximum absolute atomic E-state index is 5.72. The van der Waals surface area contributed by atoms with E-state index in [-0.39, 0.29) is 0 Å². The first-order chi connectivity index (χ1) is 6.84. The number of hydrogen-bond acceptors (Lipinski definition) is 4. The minimum atomic E-state index is 0.337. The fourth-order valence-corrected chi connectivity index (χ4v) is 2.24. The normalized spacial score (nSPS) is 22.2. The Kier molecular flexibility index (Phi) is 3.61. The SMILES string of the molecule is Clc1nc(NCC2CCCCO2)cs1. The van der Waals surface area contributed by atoms with Gasteiger partial charge in [0.2, 0.25) is 0 Å². The first kappa shape index (κ1) is 10.2. The van der Waals surface area contributed by atoms with Crippen LogP contribution in [0.25, 0.3) is 0 Å². The third kappa shape index (κ3) is 2.83. The predicted octanol–water partition coefficient (Wildman–Crippen LogP) is 2.78. The first-order valence-electron chi connectivity index (χ1n) is 4.81. The van der Waals surface area contributed by atoms with Crippen LogP contribution in [0.5, 0.6) is 0 Å². The number of halogens is 1. The number of thiazole rings is 1. The Hall–Kier alpha value is -0.320. The van der Waals surface area contributed by atoms with E-state index in [1.807, 2.05) is 5.38 Å². The molecule has 0 aromatic carbocycles. The summed E-state index contributed by atoms with van der Waals surface area (Å²) in [6.07, 6.45) is 3.94. The van der Waals surface area contributed by atoms with Crippen molar-refractivity contribution in [3.63, 3.8) is 0 Å². The highest BCUT2D eigenvalue weighted by Gasteiger charge is 2.13. The number of ether oxygens (including phenoxy) is 1. The molecule has 1 aliphatic rings. The van der Waals surface area contributed by atoms with Gasteiger partial charge in [-0.3, -0.25) is 0 Å². The summed E-state index contributed by atoms with van der Waals surface area (Å²) < 4.78 is 6.17. The molecular formula is C9H13ClN2OS. The maximum Gasteiger partial charge on any atom is 0.185 e. The Morgan fingerprint density at radius 2 is 2.57 bits per heavy atom. The van der Waals surface area contributed by atoms with Crippen LogP contribution in [0.15, 0.2) is 5.38 Å². The zero-order chi connectivity index (χ0) is 9.80. The van der Waals surface area contributed by atoms with Crippen LogP contribution in [0.2, 0.25) is 4.47 Å². The predicted molar refractivity (Wildman–Crippen MR) is 59.2 cm³/mol. The van der Waals surface area contributed by atoms with Gasteiger partial charge >= 0.3 is 0 Å². The molecule has 0 saturated carbocycles. The zero-order valence-corrected chi connectivity index (χ0v) is 9.40. The fraction of sp³-hybridized carbons (Fsp3) is 0.667. The maximum atomic E-state index is 5.72. The Morgan fingerprint density at radius 1 is 1.64 bits per heavy atom. The summed E-state index contributed by atoms with van der Waals surface area (Å²) in [6, 6.07) is 0. The highest BCUT2D eigenvalue weighted by Crippen LogP contribution is 2.19. The summed E-state index contributed by atoms with van der Waals surface area (Å²) in [7, 11) is 0. The third-order valence-corrected chi connectivity index (χ3v) is 3.24. The van der Waals surface area contributed by atoms with Gasteiger partial charge in [-0.05, 0) is 19.3 Å². The van der Waals surface area contributed by atoms with Gasteiger partial charge in [0.1, 0.15) is 5.82 Å². The Labute approximate surface area is 92.4 Å². The summed E-state index contributed by atoms with van der Waals surface area (Å²) in [6.45, 7) is 1.73. The number of hydrogen-bond donors (Lipinski definition) is 1. The molecule has 1 saturated heterocycles. The number of nitrogens with zero attached hydrogens (tertiary/aromatic N) is 1. The van der Waals surface area contributed by atoms with Gasteiger partial charge in [-0.15, -0.1) is 11.3 Å². The molecule has 2 rings (SSSR count). The van der Waals surface area contributed by atoms with Crippen LogP contribution in [-0.2, 0) is 4.74 Å². The molecule has 1 aromatic heterocycles. The minimum absolute atomic E-state index is 0.337. The highest BCUT2D eigenvalue weighted by atomic mass is 35.5. The van der Waals surface area contributed by atoms with Crippen molar-refractivity contribution >= 4 is 28.8 Å². The smallest absolute Gasteiger partial charge is 0.185 e. The summed E-state index contributed by atoms with van der Waals surface area (Å²) in [5.74, 6) is 0.856. The van der Waals surface area contributed by atoms with Crippen LogP contribution < -0.4 is 5.32 Å². The number of rotatable bonds is 3. The van der Waals surface area contributed by atoms with E-state index in [1.165, 1.54) is 24.2 Å². The fourth-order valence-electron chi connectivity index (χ4n) is 1.52. The Balaban J connectivity index is 1.76. The molecule has 2 heterocycles. The average Bonchev–Trinajstić information content (AvgIpc) is 2.63. The molecule has 1 aromatic rings. The van der Waals surface area contributed by atoms with Crippen LogP contribution in [0.4, 0.5) is 5.82 Å². The summed E-state index contributed by atoms with van der Waals surface area (Å²) >= 11 is 7.16. The van der Waals surface area contributed by atoms with Gasteiger partial charge < -0.3 is 10.1 Å². The third-order valence-electron chi connectivity index (χ3n) is 2.26. The van der Waals surface area contributed by atoms with Crippen LogP contribution in [0.3, 0.4) is 0 Å². The summed E-state index contributed by atoms with van der Waals surface area (Å²) in [5.41, 5.74) is 0. The first-order valence-corrected chi connectivity index (χ1v) is 6.07. The molecule has 0 bridgehead atoms. The lowest BCUT2D eigenvalue weighted by Crippen LogP contribution is -2.27. The van der Waals surface area contributed by atoms with Crippen molar-refractivity contribution in [1.29, 1.82) is 0 Å². The number of nitrogens with one attached hydrogen (secondary N) is 1. The van der Waals surface area contributed by atoms with Crippen molar-refractivity contribution in [2.75, 3.05) is 18.5 Å². The van der Waals surface area contributed by atoms with E-state index >= 15 is 0 Å². The molecule has 14 heavy (non-hydrogen) atoms. The molecule has 0 aliphatic carbocycles. The second-order valence-electron chi connectivity index (χ2n) is 3.36. The average molecular weight is 233 g/mol.